The number of furan rings is 1. The van der Waals surface area contributed by atoms with Crippen molar-refractivity contribution in [2.75, 3.05) is 0 Å². The number of rotatable bonds is 2. The zero-order valence-corrected chi connectivity index (χ0v) is 12.8. The molecular formula is C21H20O. The van der Waals surface area contributed by atoms with Gasteiger partial charge in [-0.05, 0) is 53.6 Å². The molecule has 0 aliphatic heterocycles. The van der Waals surface area contributed by atoms with Crippen LogP contribution in [0.5, 0.6) is 0 Å². The lowest BCUT2D eigenvalue weighted by molar-refractivity contribution is 0.464. The monoisotopic (exact) mass is 288 g/mol. The highest BCUT2D eigenvalue weighted by atomic mass is 16.3. The third kappa shape index (κ3) is 2.37. The second-order valence-electron chi connectivity index (χ2n) is 6.40. The van der Waals surface area contributed by atoms with E-state index in [0.717, 1.165) is 11.7 Å². The van der Waals surface area contributed by atoms with Crippen LogP contribution in [0.3, 0.4) is 0 Å². The SMILES string of the molecule is C[C@@H]1Cc2ccccc2[C@H](c2cccc(-c3ccco3)c2)C1. The lowest BCUT2D eigenvalue weighted by Gasteiger charge is -2.30. The fraction of sp³-hybridized carbons (Fsp3) is 0.238. The fourth-order valence-electron chi connectivity index (χ4n) is 3.72. The first-order valence-electron chi connectivity index (χ1n) is 8.03. The van der Waals surface area contributed by atoms with Crippen LogP contribution in [0, 0.1) is 5.92 Å². The van der Waals surface area contributed by atoms with Gasteiger partial charge in [0.1, 0.15) is 5.76 Å². The normalized spacial score (nSPS) is 20.6. The van der Waals surface area contributed by atoms with E-state index in [2.05, 4.69) is 55.5 Å². The maximum absolute atomic E-state index is 5.55. The Morgan fingerprint density at radius 1 is 0.955 bits per heavy atom. The predicted octanol–water partition coefficient (Wildman–Crippen LogP) is 5.66. The first-order chi connectivity index (χ1) is 10.8. The molecule has 2 atom stereocenters. The van der Waals surface area contributed by atoms with Gasteiger partial charge in [0.05, 0.1) is 6.26 Å². The van der Waals surface area contributed by atoms with Crippen LogP contribution in [0.2, 0.25) is 0 Å². The van der Waals surface area contributed by atoms with Crippen LogP contribution in [0.1, 0.15) is 36.0 Å². The number of hydrogen-bond acceptors (Lipinski definition) is 1. The molecule has 1 heteroatoms. The molecule has 1 aliphatic carbocycles. The van der Waals surface area contributed by atoms with E-state index in [1.807, 2.05) is 12.1 Å². The molecule has 1 nitrogen and oxygen atoms in total. The maximum Gasteiger partial charge on any atom is 0.133 e. The van der Waals surface area contributed by atoms with Gasteiger partial charge in [0.25, 0.3) is 0 Å². The van der Waals surface area contributed by atoms with Gasteiger partial charge < -0.3 is 4.42 Å². The molecule has 0 bridgehead atoms. The predicted molar refractivity (Wildman–Crippen MR) is 89.9 cm³/mol. The van der Waals surface area contributed by atoms with Gasteiger partial charge in [-0.2, -0.15) is 0 Å². The molecule has 0 saturated carbocycles. The van der Waals surface area contributed by atoms with Crippen molar-refractivity contribution in [2.24, 2.45) is 5.92 Å². The minimum atomic E-state index is 0.495. The molecule has 4 rings (SSSR count). The van der Waals surface area contributed by atoms with Crippen molar-refractivity contribution in [2.45, 2.75) is 25.7 Å². The zero-order chi connectivity index (χ0) is 14.9. The largest absolute Gasteiger partial charge is 0.464 e. The van der Waals surface area contributed by atoms with Crippen LogP contribution >= 0.6 is 0 Å². The number of benzene rings is 2. The molecule has 0 N–H and O–H groups in total. The van der Waals surface area contributed by atoms with Gasteiger partial charge in [0, 0.05) is 11.5 Å². The van der Waals surface area contributed by atoms with Crippen LogP contribution in [0.4, 0.5) is 0 Å². The summed E-state index contributed by atoms with van der Waals surface area (Å²) < 4.78 is 5.55. The third-order valence-corrected chi connectivity index (χ3v) is 4.73. The quantitative estimate of drug-likeness (QED) is 0.593. The molecule has 2 aromatic carbocycles. The average molecular weight is 288 g/mol. The van der Waals surface area contributed by atoms with E-state index in [1.54, 1.807) is 6.26 Å². The third-order valence-electron chi connectivity index (χ3n) is 4.73. The van der Waals surface area contributed by atoms with Gasteiger partial charge >= 0.3 is 0 Å². The van der Waals surface area contributed by atoms with Crippen LogP contribution in [-0.4, -0.2) is 0 Å². The van der Waals surface area contributed by atoms with Crippen molar-refractivity contribution in [3.05, 3.63) is 83.6 Å². The van der Waals surface area contributed by atoms with Crippen molar-refractivity contribution < 1.29 is 4.42 Å². The first-order valence-corrected chi connectivity index (χ1v) is 8.03. The van der Waals surface area contributed by atoms with Crippen molar-refractivity contribution in [3.63, 3.8) is 0 Å². The Morgan fingerprint density at radius 2 is 1.86 bits per heavy atom. The highest BCUT2D eigenvalue weighted by Crippen LogP contribution is 2.40. The van der Waals surface area contributed by atoms with Gasteiger partial charge in [-0.3, -0.25) is 0 Å². The molecule has 0 unspecified atom stereocenters. The van der Waals surface area contributed by atoms with Crippen LogP contribution in [0.15, 0.2) is 71.3 Å². The Kier molecular flexibility index (Phi) is 3.34. The lowest BCUT2D eigenvalue weighted by Crippen LogP contribution is -2.17. The molecule has 22 heavy (non-hydrogen) atoms. The minimum absolute atomic E-state index is 0.495. The van der Waals surface area contributed by atoms with E-state index >= 15 is 0 Å². The zero-order valence-electron chi connectivity index (χ0n) is 12.8. The minimum Gasteiger partial charge on any atom is -0.464 e. The summed E-state index contributed by atoms with van der Waals surface area (Å²) in [6, 6.07) is 21.7. The van der Waals surface area contributed by atoms with Crippen molar-refractivity contribution >= 4 is 0 Å². The van der Waals surface area contributed by atoms with E-state index in [9.17, 15) is 0 Å². The molecule has 3 aromatic rings. The standard InChI is InChI=1S/C21H20O/c1-15-12-16-6-2-3-9-19(16)20(13-15)17-7-4-8-18(14-17)21-10-5-11-22-21/h2-11,14-15,20H,12-13H2,1H3/t15-,20+/m1/s1. The van der Waals surface area contributed by atoms with Gasteiger partial charge in [0.2, 0.25) is 0 Å². The summed E-state index contributed by atoms with van der Waals surface area (Å²) in [4.78, 5) is 0. The first kappa shape index (κ1) is 13.4. The molecule has 0 fully saturated rings. The molecule has 1 heterocycles. The molecular weight excluding hydrogens is 268 g/mol. The Bertz CT molecular complexity index is 770. The van der Waals surface area contributed by atoms with E-state index in [-0.39, 0.29) is 0 Å². The van der Waals surface area contributed by atoms with Gasteiger partial charge in [-0.15, -0.1) is 0 Å². The highest BCUT2D eigenvalue weighted by molar-refractivity contribution is 5.59. The second kappa shape index (κ2) is 5.49. The Morgan fingerprint density at radius 3 is 2.73 bits per heavy atom. The number of hydrogen-bond donors (Lipinski definition) is 0. The summed E-state index contributed by atoms with van der Waals surface area (Å²) in [6.07, 6.45) is 4.16. The molecule has 0 spiro atoms. The summed E-state index contributed by atoms with van der Waals surface area (Å²) in [5.41, 5.74) is 5.57. The Labute approximate surface area is 131 Å². The van der Waals surface area contributed by atoms with Crippen molar-refractivity contribution in [1.29, 1.82) is 0 Å². The lowest BCUT2D eigenvalue weighted by atomic mass is 9.74. The summed E-state index contributed by atoms with van der Waals surface area (Å²) >= 11 is 0. The molecule has 0 radical (unpaired) electrons. The fourth-order valence-corrected chi connectivity index (χ4v) is 3.72. The molecule has 1 aromatic heterocycles. The summed E-state index contributed by atoms with van der Waals surface area (Å²) in [7, 11) is 0. The summed E-state index contributed by atoms with van der Waals surface area (Å²) in [6.45, 7) is 2.36. The number of fused-ring (bicyclic) bond motifs is 1. The summed E-state index contributed by atoms with van der Waals surface area (Å²) in [5, 5.41) is 0. The molecule has 110 valence electrons. The average Bonchev–Trinajstić information content (AvgIpc) is 3.09. The summed E-state index contributed by atoms with van der Waals surface area (Å²) in [5.74, 6) is 2.17. The van der Waals surface area contributed by atoms with E-state index in [4.69, 9.17) is 4.42 Å². The Hall–Kier alpha value is -2.28. The van der Waals surface area contributed by atoms with E-state index < -0.39 is 0 Å². The maximum atomic E-state index is 5.55. The molecule has 0 saturated heterocycles. The van der Waals surface area contributed by atoms with Gasteiger partial charge in [0.15, 0.2) is 0 Å². The van der Waals surface area contributed by atoms with Crippen LogP contribution < -0.4 is 0 Å². The smallest absolute Gasteiger partial charge is 0.133 e. The van der Waals surface area contributed by atoms with E-state index in [1.165, 1.54) is 35.1 Å². The topological polar surface area (TPSA) is 13.1 Å². The molecule has 0 amide bonds. The second-order valence-corrected chi connectivity index (χ2v) is 6.40. The Balaban J connectivity index is 1.78. The van der Waals surface area contributed by atoms with Gasteiger partial charge in [-0.1, -0.05) is 49.4 Å². The highest BCUT2D eigenvalue weighted by Gasteiger charge is 2.25. The molecule has 1 aliphatic rings. The van der Waals surface area contributed by atoms with Crippen LogP contribution in [-0.2, 0) is 6.42 Å². The van der Waals surface area contributed by atoms with Crippen LogP contribution in [0.25, 0.3) is 11.3 Å². The van der Waals surface area contributed by atoms with Crippen molar-refractivity contribution in [1.82, 2.24) is 0 Å². The van der Waals surface area contributed by atoms with Crippen molar-refractivity contribution in [3.8, 4) is 11.3 Å². The van der Waals surface area contributed by atoms with Gasteiger partial charge in [-0.25, -0.2) is 0 Å². The van der Waals surface area contributed by atoms with E-state index in [0.29, 0.717) is 5.92 Å².